The molecule has 2 aromatic heterocycles. The number of aromatic nitrogens is 2. The highest BCUT2D eigenvalue weighted by atomic mass is 35.5. The lowest BCUT2D eigenvalue weighted by Gasteiger charge is -2.07. The van der Waals surface area contributed by atoms with Gasteiger partial charge in [-0.2, -0.15) is 0 Å². The van der Waals surface area contributed by atoms with Crippen molar-refractivity contribution < 1.29 is 5.11 Å². The standard InChI is InChI=1S/C10H9ClN2OS/c11-10-2-1-7(15-10)5-9(14)8-3-4-12-6-13-8/h1-4,6,9,14H,5H2. The van der Waals surface area contributed by atoms with E-state index >= 15 is 0 Å². The topological polar surface area (TPSA) is 46.0 Å². The zero-order valence-electron chi connectivity index (χ0n) is 7.80. The molecule has 1 unspecified atom stereocenters. The summed E-state index contributed by atoms with van der Waals surface area (Å²) in [5.41, 5.74) is 0.634. The van der Waals surface area contributed by atoms with Crippen LogP contribution >= 0.6 is 22.9 Å². The molecule has 0 aliphatic rings. The van der Waals surface area contributed by atoms with E-state index in [9.17, 15) is 5.11 Å². The average molecular weight is 241 g/mol. The molecular weight excluding hydrogens is 232 g/mol. The van der Waals surface area contributed by atoms with Gasteiger partial charge in [-0.25, -0.2) is 9.97 Å². The minimum absolute atomic E-state index is 0.536. The SMILES string of the molecule is OC(Cc1ccc(Cl)s1)c1ccncn1. The number of hydrogen-bond acceptors (Lipinski definition) is 4. The average Bonchev–Trinajstić information content (AvgIpc) is 2.65. The van der Waals surface area contributed by atoms with Gasteiger partial charge >= 0.3 is 0 Å². The fourth-order valence-electron chi connectivity index (χ4n) is 1.25. The third kappa shape index (κ3) is 2.75. The number of nitrogens with zero attached hydrogens (tertiary/aromatic N) is 2. The first-order chi connectivity index (χ1) is 7.25. The molecule has 0 radical (unpaired) electrons. The molecule has 78 valence electrons. The van der Waals surface area contributed by atoms with E-state index in [4.69, 9.17) is 11.6 Å². The van der Waals surface area contributed by atoms with Gasteiger partial charge in [0, 0.05) is 17.5 Å². The summed E-state index contributed by atoms with van der Waals surface area (Å²) in [6, 6.07) is 5.45. The van der Waals surface area contributed by atoms with Crippen molar-refractivity contribution in [2.45, 2.75) is 12.5 Å². The predicted molar refractivity (Wildman–Crippen MR) is 60.0 cm³/mol. The Balaban J connectivity index is 2.07. The van der Waals surface area contributed by atoms with Gasteiger partial charge in [0.15, 0.2) is 0 Å². The summed E-state index contributed by atoms with van der Waals surface area (Å²) in [6.07, 6.45) is 2.99. The van der Waals surface area contributed by atoms with Crippen LogP contribution in [0.4, 0.5) is 0 Å². The van der Waals surface area contributed by atoms with Crippen molar-refractivity contribution in [2.75, 3.05) is 0 Å². The molecule has 0 spiro atoms. The first-order valence-corrected chi connectivity index (χ1v) is 5.63. The van der Waals surface area contributed by atoms with Crippen molar-refractivity contribution in [2.24, 2.45) is 0 Å². The Kier molecular flexibility index (Phi) is 3.30. The van der Waals surface area contributed by atoms with Crippen LogP contribution in [0.5, 0.6) is 0 Å². The Bertz CT molecular complexity index is 432. The van der Waals surface area contributed by atoms with Crippen LogP contribution < -0.4 is 0 Å². The minimum Gasteiger partial charge on any atom is -0.386 e. The summed E-state index contributed by atoms with van der Waals surface area (Å²) in [4.78, 5) is 8.84. The number of rotatable bonds is 3. The molecule has 2 heterocycles. The van der Waals surface area contributed by atoms with E-state index in [1.807, 2.05) is 12.1 Å². The molecule has 0 bridgehead atoms. The Labute approximate surface area is 96.4 Å². The molecule has 1 N–H and O–H groups in total. The number of thiophene rings is 1. The molecule has 15 heavy (non-hydrogen) atoms. The van der Waals surface area contributed by atoms with Gasteiger partial charge in [-0.3, -0.25) is 0 Å². The first kappa shape index (κ1) is 10.5. The van der Waals surface area contributed by atoms with Crippen molar-refractivity contribution in [3.8, 4) is 0 Å². The zero-order valence-corrected chi connectivity index (χ0v) is 9.37. The van der Waals surface area contributed by atoms with Gasteiger partial charge < -0.3 is 5.11 Å². The van der Waals surface area contributed by atoms with Crippen LogP contribution in [0, 0.1) is 0 Å². The van der Waals surface area contributed by atoms with Crippen LogP contribution in [-0.2, 0) is 6.42 Å². The summed E-state index contributed by atoms with van der Waals surface area (Å²) in [5, 5.41) is 9.86. The lowest BCUT2D eigenvalue weighted by Crippen LogP contribution is -2.02. The van der Waals surface area contributed by atoms with Gasteiger partial charge in [-0.15, -0.1) is 11.3 Å². The highest BCUT2D eigenvalue weighted by molar-refractivity contribution is 7.16. The molecule has 0 amide bonds. The van der Waals surface area contributed by atoms with Crippen molar-refractivity contribution in [3.63, 3.8) is 0 Å². The second-order valence-corrected chi connectivity index (χ2v) is 4.86. The second kappa shape index (κ2) is 4.70. The Morgan fingerprint density at radius 3 is 2.87 bits per heavy atom. The molecule has 5 heteroatoms. The van der Waals surface area contributed by atoms with Crippen molar-refractivity contribution in [3.05, 3.63) is 45.6 Å². The van der Waals surface area contributed by atoms with E-state index < -0.39 is 6.10 Å². The van der Waals surface area contributed by atoms with Gasteiger partial charge in [0.25, 0.3) is 0 Å². The van der Waals surface area contributed by atoms with Gasteiger partial charge in [0.05, 0.1) is 10.0 Å². The molecule has 0 aromatic carbocycles. The largest absolute Gasteiger partial charge is 0.386 e. The summed E-state index contributed by atoms with van der Waals surface area (Å²) in [5.74, 6) is 0. The number of aliphatic hydroxyl groups excluding tert-OH is 1. The van der Waals surface area contributed by atoms with E-state index in [-0.39, 0.29) is 0 Å². The van der Waals surface area contributed by atoms with Gasteiger partial charge in [0.1, 0.15) is 12.4 Å². The van der Waals surface area contributed by atoms with Crippen LogP contribution in [0.25, 0.3) is 0 Å². The maximum Gasteiger partial charge on any atom is 0.115 e. The first-order valence-electron chi connectivity index (χ1n) is 4.44. The van der Waals surface area contributed by atoms with Crippen LogP contribution in [0.3, 0.4) is 0 Å². The summed E-state index contributed by atoms with van der Waals surface area (Å²) >= 11 is 7.27. The van der Waals surface area contributed by atoms with Crippen LogP contribution in [0.1, 0.15) is 16.7 Å². The smallest absolute Gasteiger partial charge is 0.115 e. The van der Waals surface area contributed by atoms with Crippen LogP contribution in [-0.4, -0.2) is 15.1 Å². The number of halogens is 1. The maximum absolute atomic E-state index is 9.86. The molecular formula is C10H9ClN2OS. The minimum atomic E-state index is -0.595. The van der Waals surface area contributed by atoms with Crippen molar-refractivity contribution >= 4 is 22.9 Å². The third-order valence-corrected chi connectivity index (χ3v) is 3.22. The van der Waals surface area contributed by atoms with Gasteiger partial charge in [0.2, 0.25) is 0 Å². The highest BCUT2D eigenvalue weighted by Crippen LogP contribution is 2.25. The fourth-order valence-corrected chi connectivity index (χ4v) is 2.38. The summed E-state index contributed by atoms with van der Waals surface area (Å²) in [6.45, 7) is 0. The fraction of sp³-hybridized carbons (Fsp3) is 0.200. The summed E-state index contributed by atoms with van der Waals surface area (Å²) < 4.78 is 0.736. The third-order valence-electron chi connectivity index (χ3n) is 1.97. The maximum atomic E-state index is 9.86. The summed E-state index contributed by atoms with van der Waals surface area (Å²) in [7, 11) is 0. The number of aliphatic hydroxyl groups is 1. The lowest BCUT2D eigenvalue weighted by molar-refractivity contribution is 0.174. The van der Waals surface area contributed by atoms with Crippen molar-refractivity contribution in [1.29, 1.82) is 0 Å². The van der Waals surface area contributed by atoms with Crippen LogP contribution in [0.15, 0.2) is 30.7 Å². The Morgan fingerprint density at radius 1 is 1.40 bits per heavy atom. The molecule has 2 rings (SSSR count). The zero-order chi connectivity index (χ0) is 10.7. The van der Waals surface area contributed by atoms with Crippen LogP contribution in [0.2, 0.25) is 4.34 Å². The van der Waals surface area contributed by atoms with E-state index in [2.05, 4.69) is 9.97 Å². The molecule has 0 aliphatic carbocycles. The highest BCUT2D eigenvalue weighted by Gasteiger charge is 2.10. The van der Waals surface area contributed by atoms with Gasteiger partial charge in [-0.05, 0) is 18.2 Å². The molecule has 0 aliphatic heterocycles. The quantitative estimate of drug-likeness (QED) is 0.897. The molecule has 2 aromatic rings. The Hall–Kier alpha value is -0.970. The molecule has 0 saturated heterocycles. The monoisotopic (exact) mass is 240 g/mol. The van der Waals surface area contributed by atoms with E-state index in [0.717, 1.165) is 9.21 Å². The van der Waals surface area contributed by atoms with E-state index in [1.54, 1.807) is 12.3 Å². The van der Waals surface area contributed by atoms with E-state index in [0.29, 0.717) is 12.1 Å². The van der Waals surface area contributed by atoms with Crippen molar-refractivity contribution in [1.82, 2.24) is 9.97 Å². The Morgan fingerprint density at radius 2 is 2.27 bits per heavy atom. The molecule has 3 nitrogen and oxygen atoms in total. The lowest BCUT2D eigenvalue weighted by atomic mass is 10.1. The van der Waals surface area contributed by atoms with E-state index in [1.165, 1.54) is 17.7 Å². The molecule has 0 saturated carbocycles. The number of hydrogen-bond donors (Lipinski definition) is 1. The van der Waals surface area contributed by atoms with Gasteiger partial charge in [-0.1, -0.05) is 11.6 Å². The molecule has 0 fully saturated rings. The molecule has 1 atom stereocenters. The normalized spacial score (nSPS) is 12.7. The predicted octanol–water partition coefficient (Wildman–Crippen LogP) is 2.47. The second-order valence-electron chi connectivity index (χ2n) is 3.06.